The molecule has 19 heavy (non-hydrogen) atoms. The van der Waals surface area contributed by atoms with E-state index in [0.29, 0.717) is 9.79 Å². The molecule has 0 unspecified atom stereocenters. The predicted molar refractivity (Wildman–Crippen MR) is 77.0 cm³/mol. The zero-order valence-corrected chi connectivity index (χ0v) is 12.0. The lowest BCUT2D eigenvalue weighted by molar-refractivity contribution is -0.384. The summed E-state index contributed by atoms with van der Waals surface area (Å²) in [5, 5.41) is 10.7. The van der Waals surface area contributed by atoms with Gasteiger partial charge in [0.1, 0.15) is 0 Å². The van der Waals surface area contributed by atoms with Crippen LogP contribution in [0.1, 0.15) is 11.4 Å². The maximum absolute atomic E-state index is 10.0. The minimum absolute atomic E-state index is 0.137. The van der Waals surface area contributed by atoms with Gasteiger partial charge in [0.15, 0.2) is 4.77 Å². The molecule has 0 aliphatic carbocycles. The topological polar surface area (TPSA) is 71.8 Å². The number of nitro benzene ring substituents is 1. The predicted octanol–water partition coefficient (Wildman–Crippen LogP) is 4.00. The Morgan fingerprint density at radius 2 is 1.89 bits per heavy atom. The third-order valence-corrected chi connectivity index (χ3v) is 2.93. The highest BCUT2D eigenvalue weighted by atomic mass is 35.5. The van der Waals surface area contributed by atoms with Crippen LogP contribution in [0.4, 0.5) is 5.69 Å². The summed E-state index contributed by atoms with van der Waals surface area (Å²) in [5.41, 5.74) is 1.79. The van der Waals surface area contributed by atoms with Gasteiger partial charge >= 0.3 is 0 Å². The average Bonchev–Trinajstić information content (AvgIpc) is 2.37. The van der Waals surface area contributed by atoms with E-state index in [9.17, 15) is 10.1 Å². The van der Waals surface area contributed by atoms with Crippen molar-refractivity contribution in [3.63, 3.8) is 0 Å². The lowest BCUT2D eigenvalue weighted by Crippen LogP contribution is -1.91. The van der Waals surface area contributed by atoms with Gasteiger partial charge in [-0.05, 0) is 26.1 Å². The molecule has 2 aromatic rings. The molecule has 0 bridgehead atoms. The van der Waals surface area contributed by atoms with Crippen LogP contribution in [0.5, 0.6) is 0 Å². The van der Waals surface area contributed by atoms with E-state index in [-0.39, 0.29) is 5.69 Å². The van der Waals surface area contributed by atoms with Crippen molar-refractivity contribution < 1.29 is 4.92 Å². The molecular weight excluding hydrogens is 286 g/mol. The first kappa shape index (κ1) is 15.3. The number of hydrogen-bond acceptors (Lipinski definition) is 4. The van der Waals surface area contributed by atoms with Crippen molar-refractivity contribution in [2.24, 2.45) is 0 Å². The van der Waals surface area contributed by atoms with Crippen molar-refractivity contribution >= 4 is 29.5 Å². The molecule has 0 saturated carbocycles. The quantitative estimate of drug-likeness (QED) is 0.490. The van der Waals surface area contributed by atoms with Gasteiger partial charge < -0.3 is 4.98 Å². The van der Waals surface area contributed by atoms with Gasteiger partial charge in [0.25, 0.3) is 5.69 Å². The van der Waals surface area contributed by atoms with Crippen molar-refractivity contribution in [3.8, 4) is 0 Å². The van der Waals surface area contributed by atoms with Crippen LogP contribution < -0.4 is 0 Å². The summed E-state index contributed by atoms with van der Waals surface area (Å²) in [6.45, 7) is 3.70. The van der Waals surface area contributed by atoms with Crippen LogP contribution in [0.3, 0.4) is 0 Å². The molecule has 0 saturated heterocycles. The minimum Gasteiger partial charge on any atom is -0.333 e. The number of para-hydroxylation sites is 1. The Morgan fingerprint density at radius 1 is 1.32 bits per heavy atom. The van der Waals surface area contributed by atoms with E-state index in [0.717, 1.165) is 11.4 Å². The van der Waals surface area contributed by atoms with Crippen molar-refractivity contribution in [2.45, 2.75) is 13.8 Å². The maximum atomic E-state index is 10.0. The second-order valence-electron chi connectivity index (χ2n) is 3.66. The van der Waals surface area contributed by atoms with Crippen LogP contribution in [0.2, 0.25) is 5.02 Å². The molecule has 1 heterocycles. The van der Waals surface area contributed by atoms with E-state index in [1.165, 1.54) is 12.1 Å². The molecule has 0 amide bonds. The molecule has 0 spiro atoms. The normalized spacial score (nSPS) is 9.42. The van der Waals surface area contributed by atoms with E-state index in [4.69, 9.17) is 23.8 Å². The number of H-pyrrole nitrogens is 1. The van der Waals surface area contributed by atoms with Gasteiger partial charge in [-0.3, -0.25) is 10.1 Å². The summed E-state index contributed by atoms with van der Waals surface area (Å²) in [7, 11) is 0. The molecule has 0 fully saturated rings. The van der Waals surface area contributed by atoms with Crippen LogP contribution in [-0.2, 0) is 0 Å². The second kappa shape index (κ2) is 6.96. The molecule has 7 heteroatoms. The van der Waals surface area contributed by atoms with Crippen molar-refractivity contribution in [3.05, 3.63) is 61.6 Å². The Morgan fingerprint density at radius 3 is 2.32 bits per heavy atom. The average molecular weight is 298 g/mol. The Hall–Kier alpha value is -1.79. The standard InChI is InChI=1S/C6H7ClN2S.C6H5NO2/c1-3-5(7)4(2)9-6(10)8-3;8-7(9)6-4-2-1-3-5-6/h1-2H3,(H,8,9,10);1-5H. The number of nitrogens with one attached hydrogen (secondary N) is 1. The van der Waals surface area contributed by atoms with E-state index in [1.54, 1.807) is 18.2 Å². The highest BCUT2D eigenvalue weighted by Crippen LogP contribution is 2.14. The monoisotopic (exact) mass is 297 g/mol. The Labute approximate surface area is 120 Å². The molecule has 100 valence electrons. The van der Waals surface area contributed by atoms with Crippen LogP contribution >= 0.6 is 23.8 Å². The van der Waals surface area contributed by atoms with E-state index >= 15 is 0 Å². The zero-order chi connectivity index (χ0) is 14.4. The molecule has 0 aliphatic rings. The summed E-state index contributed by atoms with van der Waals surface area (Å²) >= 11 is 10.6. The summed E-state index contributed by atoms with van der Waals surface area (Å²) in [6.07, 6.45) is 0. The number of rotatable bonds is 1. The van der Waals surface area contributed by atoms with Gasteiger partial charge in [-0.1, -0.05) is 29.8 Å². The summed E-state index contributed by atoms with van der Waals surface area (Å²) < 4.78 is 0.486. The third kappa shape index (κ3) is 4.76. The van der Waals surface area contributed by atoms with E-state index in [2.05, 4.69) is 9.97 Å². The van der Waals surface area contributed by atoms with Crippen LogP contribution in [0, 0.1) is 28.7 Å². The first-order valence-corrected chi connectivity index (χ1v) is 6.13. The molecule has 5 nitrogen and oxygen atoms in total. The summed E-state index contributed by atoms with van der Waals surface area (Å²) in [6, 6.07) is 7.93. The molecule has 2 rings (SSSR count). The largest absolute Gasteiger partial charge is 0.333 e. The fourth-order valence-electron chi connectivity index (χ4n) is 1.27. The molecule has 1 N–H and O–H groups in total. The Kier molecular flexibility index (Phi) is 5.59. The number of halogens is 1. The zero-order valence-electron chi connectivity index (χ0n) is 10.4. The second-order valence-corrected chi connectivity index (χ2v) is 4.42. The van der Waals surface area contributed by atoms with Gasteiger partial charge in [-0.15, -0.1) is 0 Å². The van der Waals surface area contributed by atoms with Crippen LogP contribution in [0.25, 0.3) is 0 Å². The fourth-order valence-corrected chi connectivity index (χ4v) is 1.65. The number of nitrogens with zero attached hydrogens (tertiary/aromatic N) is 2. The first-order valence-electron chi connectivity index (χ1n) is 5.34. The van der Waals surface area contributed by atoms with Crippen molar-refractivity contribution in [1.82, 2.24) is 9.97 Å². The number of aromatic amines is 1. The van der Waals surface area contributed by atoms with Crippen molar-refractivity contribution in [1.29, 1.82) is 0 Å². The highest BCUT2D eigenvalue weighted by Gasteiger charge is 1.99. The SMILES string of the molecule is Cc1nc(=S)[nH]c(C)c1Cl.O=[N+]([O-])c1ccccc1. The lowest BCUT2D eigenvalue weighted by atomic mass is 10.3. The first-order chi connectivity index (χ1) is 8.91. The summed E-state index contributed by atoms with van der Waals surface area (Å²) in [5.74, 6) is 0. The Bertz CT molecular complexity index is 602. The maximum Gasteiger partial charge on any atom is 0.269 e. The van der Waals surface area contributed by atoms with Crippen LogP contribution in [-0.4, -0.2) is 14.9 Å². The molecule has 0 atom stereocenters. The molecule has 1 aromatic heterocycles. The highest BCUT2D eigenvalue weighted by molar-refractivity contribution is 7.71. The van der Waals surface area contributed by atoms with E-state index < -0.39 is 4.92 Å². The summed E-state index contributed by atoms with van der Waals surface area (Å²) in [4.78, 5) is 16.4. The molecular formula is C12H12ClN3O2S. The number of aryl methyl sites for hydroxylation is 2. The number of hydrogen-bond donors (Lipinski definition) is 1. The van der Waals surface area contributed by atoms with Gasteiger partial charge in [0, 0.05) is 17.8 Å². The minimum atomic E-state index is -0.417. The molecule has 0 aliphatic heterocycles. The van der Waals surface area contributed by atoms with Gasteiger partial charge in [-0.2, -0.15) is 0 Å². The fraction of sp³-hybridized carbons (Fsp3) is 0.167. The molecule has 1 aromatic carbocycles. The Balaban J connectivity index is 0.000000191. The number of aromatic nitrogens is 2. The van der Waals surface area contributed by atoms with Crippen molar-refractivity contribution in [2.75, 3.05) is 0 Å². The number of non-ortho nitro benzene ring substituents is 1. The van der Waals surface area contributed by atoms with Gasteiger partial charge in [0.2, 0.25) is 0 Å². The van der Waals surface area contributed by atoms with Gasteiger partial charge in [0.05, 0.1) is 15.6 Å². The van der Waals surface area contributed by atoms with Gasteiger partial charge in [-0.25, -0.2) is 4.98 Å². The number of nitro groups is 1. The van der Waals surface area contributed by atoms with Crippen LogP contribution in [0.15, 0.2) is 30.3 Å². The van der Waals surface area contributed by atoms with E-state index in [1.807, 2.05) is 13.8 Å². The lowest BCUT2D eigenvalue weighted by Gasteiger charge is -1.98. The number of benzene rings is 1. The molecule has 0 radical (unpaired) electrons. The third-order valence-electron chi connectivity index (χ3n) is 2.18. The smallest absolute Gasteiger partial charge is 0.269 e.